The largest absolute Gasteiger partial charge is 0.0891 e. The van der Waals surface area contributed by atoms with Crippen LogP contribution in [-0.4, -0.2) is 0 Å². The maximum Gasteiger partial charge on any atom is 0.00989 e. The Morgan fingerprint density at radius 3 is 2.79 bits per heavy atom. The number of hydrogen-bond acceptors (Lipinski definition) is 0. The molecule has 0 saturated heterocycles. The molecule has 0 aromatic heterocycles. The van der Waals surface area contributed by atoms with Crippen LogP contribution in [0.5, 0.6) is 0 Å². The first-order valence-corrected chi connectivity index (χ1v) is 5.28. The molecule has 0 heterocycles. The van der Waals surface area contributed by atoms with Gasteiger partial charge in [0.2, 0.25) is 0 Å². The number of rotatable bonds is 5. The number of aryl methyl sites for hydroxylation is 2. The number of benzene rings is 1. The quantitative estimate of drug-likeness (QED) is 0.485. The van der Waals surface area contributed by atoms with Crippen molar-refractivity contribution in [3.8, 4) is 5.92 Å². The molecule has 1 rings (SSSR count). The van der Waals surface area contributed by atoms with E-state index in [-0.39, 0.29) is 0 Å². The highest BCUT2D eigenvalue weighted by atomic mass is 14.0. The molecule has 1 radical (unpaired) electrons. The van der Waals surface area contributed by atoms with Gasteiger partial charge in [0.05, 0.1) is 0 Å². The minimum Gasteiger partial charge on any atom is -0.0891 e. The fourth-order valence-corrected chi connectivity index (χ4v) is 1.59. The van der Waals surface area contributed by atoms with E-state index in [0.29, 0.717) is 0 Å². The first kappa shape index (κ1) is 10.9. The van der Waals surface area contributed by atoms with Gasteiger partial charge in [0.1, 0.15) is 0 Å². The summed E-state index contributed by atoms with van der Waals surface area (Å²) in [5.74, 6) is 2.43. The summed E-state index contributed by atoms with van der Waals surface area (Å²) in [5.41, 5.74) is 2.78. The summed E-state index contributed by atoms with van der Waals surface area (Å²) in [4.78, 5) is 0. The number of hydrogen-bond donors (Lipinski definition) is 0. The van der Waals surface area contributed by atoms with E-state index in [1.807, 2.05) is 0 Å². The second-order valence-corrected chi connectivity index (χ2v) is 3.73. The fraction of sp³-hybridized carbons (Fsp3) is 0.429. The smallest absolute Gasteiger partial charge is 0.00989 e. The average molecular weight is 185 g/mol. The topological polar surface area (TPSA) is 0 Å². The summed E-state index contributed by atoms with van der Waals surface area (Å²) in [6.45, 7) is 2.13. The highest BCUT2D eigenvalue weighted by Crippen LogP contribution is 2.09. The van der Waals surface area contributed by atoms with Gasteiger partial charge in [0.15, 0.2) is 0 Å². The lowest BCUT2D eigenvalue weighted by molar-refractivity contribution is 0.692. The van der Waals surface area contributed by atoms with Gasteiger partial charge < -0.3 is 0 Å². The van der Waals surface area contributed by atoms with Crippen LogP contribution in [0.3, 0.4) is 0 Å². The molecule has 0 bridgehead atoms. The van der Waals surface area contributed by atoms with Crippen LogP contribution in [0.25, 0.3) is 0 Å². The third kappa shape index (κ3) is 4.14. The maximum atomic E-state index is 6.78. The first-order chi connectivity index (χ1) is 6.83. The van der Waals surface area contributed by atoms with Gasteiger partial charge in [0, 0.05) is 6.42 Å². The van der Waals surface area contributed by atoms with Crippen LogP contribution in [0.15, 0.2) is 24.3 Å². The first-order valence-electron chi connectivity index (χ1n) is 5.28. The van der Waals surface area contributed by atoms with Crippen molar-refractivity contribution in [2.45, 2.75) is 39.0 Å². The molecule has 0 saturated carbocycles. The van der Waals surface area contributed by atoms with Crippen molar-refractivity contribution < 1.29 is 0 Å². The third-order valence-electron chi connectivity index (χ3n) is 2.35. The van der Waals surface area contributed by atoms with Gasteiger partial charge in [-0.15, -0.1) is 0 Å². The molecular formula is C14H17. The molecule has 73 valence electrons. The third-order valence-corrected chi connectivity index (χ3v) is 2.35. The molecule has 0 amide bonds. The molecule has 0 atom stereocenters. The summed E-state index contributed by atoms with van der Waals surface area (Å²) in [6, 6.07) is 8.70. The molecule has 0 N–H and O–H groups in total. The fourth-order valence-electron chi connectivity index (χ4n) is 1.59. The summed E-state index contributed by atoms with van der Waals surface area (Å²) >= 11 is 0. The lowest BCUT2D eigenvalue weighted by Crippen LogP contribution is -1.86. The zero-order chi connectivity index (χ0) is 10.2. The molecule has 0 nitrogen and oxygen atoms in total. The minimum atomic E-state index is 0.813. The Balaban J connectivity index is 2.22. The van der Waals surface area contributed by atoms with Crippen LogP contribution in [0.2, 0.25) is 0 Å². The van der Waals surface area contributed by atoms with Gasteiger partial charge in [-0.25, -0.2) is 0 Å². The Kier molecular flexibility index (Phi) is 4.86. The molecule has 0 unspecified atom stereocenters. The summed E-state index contributed by atoms with van der Waals surface area (Å²) < 4.78 is 0. The molecule has 0 heteroatoms. The van der Waals surface area contributed by atoms with E-state index in [9.17, 15) is 0 Å². The van der Waals surface area contributed by atoms with Crippen LogP contribution in [0.1, 0.15) is 36.8 Å². The van der Waals surface area contributed by atoms with E-state index in [4.69, 9.17) is 6.42 Å². The zero-order valence-electron chi connectivity index (χ0n) is 8.84. The number of unbranched alkanes of at least 4 members (excludes halogenated alkanes) is 3. The predicted molar refractivity (Wildman–Crippen MR) is 60.5 cm³/mol. The lowest BCUT2D eigenvalue weighted by atomic mass is 10.0. The highest BCUT2D eigenvalue weighted by Gasteiger charge is 1.93. The second kappa shape index (κ2) is 6.27. The summed E-state index contributed by atoms with van der Waals surface area (Å²) in [5, 5.41) is 0. The minimum absolute atomic E-state index is 0.813. The van der Waals surface area contributed by atoms with Crippen molar-refractivity contribution in [3.63, 3.8) is 0 Å². The SMILES string of the molecule is [C]#CCCCCCc1cccc(C)c1. The van der Waals surface area contributed by atoms with Crippen molar-refractivity contribution in [2.75, 3.05) is 0 Å². The molecular weight excluding hydrogens is 168 g/mol. The Morgan fingerprint density at radius 2 is 2.07 bits per heavy atom. The molecule has 14 heavy (non-hydrogen) atoms. The van der Waals surface area contributed by atoms with Gasteiger partial charge in [0.25, 0.3) is 0 Å². The van der Waals surface area contributed by atoms with Gasteiger partial charge in [-0.1, -0.05) is 42.2 Å². The summed E-state index contributed by atoms with van der Waals surface area (Å²) in [6.07, 6.45) is 12.3. The van der Waals surface area contributed by atoms with E-state index in [2.05, 4.69) is 37.1 Å². The van der Waals surface area contributed by atoms with E-state index in [1.54, 1.807) is 0 Å². The Bertz CT molecular complexity index is 304. The van der Waals surface area contributed by atoms with Crippen LogP contribution < -0.4 is 0 Å². The van der Waals surface area contributed by atoms with Crippen molar-refractivity contribution >= 4 is 0 Å². The lowest BCUT2D eigenvalue weighted by Gasteiger charge is -2.01. The van der Waals surface area contributed by atoms with Crippen molar-refractivity contribution in [3.05, 3.63) is 41.8 Å². The van der Waals surface area contributed by atoms with Crippen molar-refractivity contribution in [2.24, 2.45) is 0 Å². The monoisotopic (exact) mass is 185 g/mol. The molecule has 0 fully saturated rings. The molecule has 1 aromatic carbocycles. The van der Waals surface area contributed by atoms with E-state index < -0.39 is 0 Å². The predicted octanol–water partition coefficient (Wildman–Crippen LogP) is 3.69. The maximum absolute atomic E-state index is 6.78. The normalized spacial score (nSPS) is 9.71. The summed E-state index contributed by atoms with van der Waals surface area (Å²) in [7, 11) is 0. The average Bonchev–Trinajstić information content (AvgIpc) is 2.18. The molecule has 1 aromatic rings. The Morgan fingerprint density at radius 1 is 1.21 bits per heavy atom. The van der Waals surface area contributed by atoms with Gasteiger partial charge in [-0.2, -0.15) is 0 Å². The van der Waals surface area contributed by atoms with Crippen molar-refractivity contribution in [1.29, 1.82) is 0 Å². The molecule has 0 aliphatic carbocycles. The standard InChI is InChI=1S/C14H17/c1-3-4-5-6-7-10-14-11-8-9-13(2)12-14/h8-9,11-12H,4-7,10H2,2H3. The van der Waals surface area contributed by atoms with Gasteiger partial charge in [-0.3, -0.25) is 0 Å². The zero-order valence-corrected chi connectivity index (χ0v) is 8.84. The van der Waals surface area contributed by atoms with Crippen LogP contribution in [0.4, 0.5) is 0 Å². The molecule has 0 aliphatic heterocycles. The van der Waals surface area contributed by atoms with Crippen molar-refractivity contribution in [1.82, 2.24) is 0 Å². The second-order valence-electron chi connectivity index (χ2n) is 3.73. The highest BCUT2D eigenvalue weighted by molar-refractivity contribution is 5.22. The van der Waals surface area contributed by atoms with Crippen LogP contribution in [-0.2, 0) is 6.42 Å². The van der Waals surface area contributed by atoms with E-state index >= 15 is 0 Å². The van der Waals surface area contributed by atoms with Crippen LogP contribution >= 0.6 is 0 Å². The van der Waals surface area contributed by atoms with E-state index in [0.717, 1.165) is 12.8 Å². The molecule has 0 aliphatic rings. The van der Waals surface area contributed by atoms with Crippen LogP contribution in [0, 0.1) is 19.3 Å². The Hall–Kier alpha value is -1.22. The van der Waals surface area contributed by atoms with Gasteiger partial charge in [-0.05, 0) is 38.2 Å². The Labute approximate surface area is 87.4 Å². The van der Waals surface area contributed by atoms with Gasteiger partial charge >= 0.3 is 0 Å². The molecule has 0 spiro atoms. The van der Waals surface area contributed by atoms with E-state index in [1.165, 1.54) is 30.4 Å².